The predicted octanol–water partition coefficient (Wildman–Crippen LogP) is 1.65. The van der Waals surface area contributed by atoms with Crippen LogP contribution >= 0.6 is 0 Å². The lowest BCUT2D eigenvalue weighted by atomic mass is 9.86. The zero-order valence-electron chi connectivity index (χ0n) is 11.9. The third-order valence-corrected chi connectivity index (χ3v) is 3.65. The van der Waals surface area contributed by atoms with E-state index in [0.29, 0.717) is 11.9 Å². The van der Waals surface area contributed by atoms with Crippen LogP contribution in [0, 0.1) is 5.41 Å². The summed E-state index contributed by atoms with van der Waals surface area (Å²) in [5, 5.41) is 11.8. The Hall–Kier alpha value is -0.810. The normalized spacial score (nSPS) is 23.3. The number of oxime groups is 1. The van der Waals surface area contributed by atoms with Gasteiger partial charge in [0.15, 0.2) is 0 Å². The molecule has 0 spiro atoms. The molecule has 0 bridgehead atoms. The van der Waals surface area contributed by atoms with E-state index in [1.54, 1.807) is 0 Å². The number of nitrogens with zero attached hydrogens (tertiary/aromatic N) is 2. The molecule has 0 aromatic carbocycles. The van der Waals surface area contributed by atoms with Gasteiger partial charge in [-0.25, -0.2) is 0 Å². The Morgan fingerprint density at radius 3 is 2.83 bits per heavy atom. The maximum absolute atomic E-state index is 8.70. The van der Waals surface area contributed by atoms with Gasteiger partial charge in [0.05, 0.1) is 12.7 Å². The molecule has 1 heterocycles. The molecule has 1 rings (SSSR count). The van der Waals surface area contributed by atoms with Crippen molar-refractivity contribution in [3.05, 3.63) is 0 Å². The molecule has 5 nitrogen and oxygen atoms in total. The van der Waals surface area contributed by atoms with Gasteiger partial charge in [-0.2, -0.15) is 0 Å². The van der Waals surface area contributed by atoms with Gasteiger partial charge in [-0.05, 0) is 26.3 Å². The van der Waals surface area contributed by atoms with Crippen molar-refractivity contribution in [2.75, 3.05) is 26.2 Å². The summed E-state index contributed by atoms with van der Waals surface area (Å²) in [6.07, 6.45) is 3.54. The molecule has 0 aliphatic carbocycles. The molecule has 1 aliphatic heterocycles. The second-order valence-electron chi connectivity index (χ2n) is 5.81. The van der Waals surface area contributed by atoms with Crippen LogP contribution < -0.4 is 5.73 Å². The fourth-order valence-electron chi connectivity index (χ4n) is 2.26. The Bertz CT molecular complexity index is 279. The maximum atomic E-state index is 8.70. The summed E-state index contributed by atoms with van der Waals surface area (Å²) in [4.78, 5) is 2.45. The van der Waals surface area contributed by atoms with Crippen LogP contribution in [0.25, 0.3) is 0 Å². The first kappa shape index (κ1) is 15.2. The Morgan fingerprint density at radius 2 is 2.22 bits per heavy atom. The minimum absolute atomic E-state index is 0.215. The summed E-state index contributed by atoms with van der Waals surface area (Å²) in [7, 11) is 0. The molecule has 106 valence electrons. The van der Waals surface area contributed by atoms with Gasteiger partial charge in [0.1, 0.15) is 5.84 Å². The fourth-order valence-corrected chi connectivity index (χ4v) is 2.26. The SMILES string of the molecule is CC1CN(CCCCC(C)(C)C(N)=NO)CCO1. The molecule has 0 amide bonds. The minimum atomic E-state index is -0.215. The average Bonchev–Trinajstić information content (AvgIpc) is 2.33. The van der Waals surface area contributed by atoms with Gasteiger partial charge in [-0.15, -0.1) is 0 Å². The monoisotopic (exact) mass is 257 g/mol. The zero-order valence-corrected chi connectivity index (χ0v) is 11.9. The number of unbranched alkanes of at least 4 members (excludes halogenated alkanes) is 1. The molecule has 0 radical (unpaired) electrons. The van der Waals surface area contributed by atoms with Crippen molar-refractivity contribution in [2.45, 2.75) is 46.1 Å². The number of ether oxygens (including phenoxy) is 1. The first-order valence-electron chi connectivity index (χ1n) is 6.77. The van der Waals surface area contributed by atoms with Crippen molar-refractivity contribution >= 4 is 5.84 Å². The van der Waals surface area contributed by atoms with Crippen LogP contribution in [0.4, 0.5) is 0 Å². The summed E-state index contributed by atoms with van der Waals surface area (Å²) in [6.45, 7) is 10.2. The van der Waals surface area contributed by atoms with Gasteiger partial charge in [-0.1, -0.05) is 25.4 Å². The standard InChI is InChI=1S/C13H27N3O2/c1-11-10-16(8-9-18-11)7-5-4-6-13(2,3)12(14)15-17/h11,17H,4-10H2,1-3H3,(H2,14,15). The zero-order chi connectivity index (χ0) is 13.6. The van der Waals surface area contributed by atoms with E-state index >= 15 is 0 Å². The Morgan fingerprint density at radius 1 is 1.50 bits per heavy atom. The number of hydrogen-bond acceptors (Lipinski definition) is 4. The number of nitrogens with two attached hydrogens (primary N) is 1. The Labute approximate surface area is 110 Å². The summed E-state index contributed by atoms with van der Waals surface area (Å²) < 4.78 is 5.51. The Balaban J connectivity index is 2.18. The molecule has 0 aromatic rings. The van der Waals surface area contributed by atoms with E-state index in [9.17, 15) is 0 Å². The predicted molar refractivity (Wildman–Crippen MR) is 72.9 cm³/mol. The molecule has 18 heavy (non-hydrogen) atoms. The van der Waals surface area contributed by atoms with Gasteiger partial charge in [0.2, 0.25) is 0 Å². The van der Waals surface area contributed by atoms with Gasteiger partial charge in [0, 0.05) is 18.5 Å². The number of amidine groups is 1. The van der Waals surface area contributed by atoms with E-state index < -0.39 is 0 Å². The quantitative estimate of drug-likeness (QED) is 0.249. The van der Waals surface area contributed by atoms with Gasteiger partial charge >= 0.3 is 0 Å². The summed E-state index contributed by atoms with van der Waals surface area (Å²) >= 11 is 0. The molecular formula is C13H27N3O2. The van der Waals surface area contributed by atoms with E-state index in [0.717, 1.165) is 45.5 Å². The van der Waals surface area contributed by atoms with Crippen LogP contribution in [0.5, 0.6) is 0 Å². The van der Waals surface area contributed by atoms with E-state index in [1.807, 2.05) is 13.8 Å². The molecule has 3 N–H and O–H groups in total. The average molecular weight is 257 g/mol. The van der Waals surface area contributed by atoms with Crippen molar-refractivity contribution in [3.63, 3.8) is 0 Å². The summed E-state index contributed by atoms with van der Waals surface area (Å²) in [5.41, 5.74) is 5.45. The largest absolute Gasteiger partial charge is 0.409 e. The Kier molecular flexibility index (Phi) is 5.88. The van der Waals surface area contributed by atoms with Gasteiger partial charge < -0.3 is 15.7 Å². The molecular weight excluding hydrogens is 230 g/mol. The molecule has 0 aromatic heterocycles. The van der Waals surface area contributed by atoms with Crippen LogP contribution in [-0.4, -0.2) is 48.3 Å². The van der Waals surface area contributed by atoms with Crippen molar-refractivity contribution in [1.29, 1.82) is 0 Å². The van der Waals surface area contributed by atoms with Crippen LogP contribution in [0.3, 0.4) is 0 Å². The highest BCUT2D eigenvalue weighted by molar-refractivity contribution is 5.85. The minimum Gasteiger partial charge on any atom is -0.409 e. The highest BCUT2D eigenvalue weighted by atomic mass is 16.5. The van der Waals surface area contributed by atoms with Crippen LogP contribution in [0.1, 0.15) is 40.0 Å². The first-order chi connectivity index (χ1) is 8.45. The molecule has 1 unspecified atom stereocenters. The lowest BCUT2D eigenvalue weighted by Gasteiger charge is -2.31. The maximum Gasteiger partial charge on any atom is 0.144 e. The van der Waals surface area contributed by atoms with Gasteiger partial charge in [-0.3, -0.25) is 4.90 Å². The van der Waals surface area contributed by atoms with Crippen LogP contribution in [0.2, 0.25) is 0 Å². The third kappa shape index (κ3) is 4.82. The van der Waals surface area contributed by atoms with Crippen molar-refractivity contribution in [3.8, 4) is 0 Å². The third-order valence-electron chi connectivity index (χ3n) is 3.65. The molecule has 1 fully saturated rings. The molecule has 1 aliphatic rings. The second kappa shape index (κ2) is 6.95. The first-order valence-corrected chi connectivity index (χ1v) is 6.77. The molecule has 5 heteroatoms. The second-order valence-corrected chi connectivity index (χ2v) is 5.81. The van der Waals surface area contributed by atoms with Crippen LogP contribution in [-0.2, 0) is 4.74 Å². The summed E-state index contributed by atoms with van der Waals surface area (Å²) in [5.74, 6) is 0.322. The number of morpholine rings is 1. The van der Waals surface area contributed by atoms with E-state index in [-0.39, 0.29) is 5.41 Å². The summed E-state index contributed by atoms with van der Waals surface area (Å²) in [6, 6.07) is 0. The van der Waals surface area contributed by atoms with Crippen molar-refractivity contribution in [2.24, 2.45) is 16.3 Å². The molecule has 0 saturated carbocycles. The highest BCUT2D eigenvalue weighted by Crippen LogP contribution is 2.23. The van der Waals surface area contributed by atoms with E-state index in [1.165, 1.54) is 0 Å². The number of rotatable bonds is 6. The molecule has 1 atom stereocenters. The van der Waals surface area contributed by atoms with Crippen molar-refractivity contribution < 1.29 is 9.94 Å². The van der Waals surface area contributed by atoms with Crippen LogP contribution in [0.15, 0.2) is 5.16 Å². The highest BCUT2D eigenvalue weighted by Gasteiger charge is 2.23. The smallest absolute Gasteiger partial charge is 0.144 e. The molecule has 1 saturated heterocycles. The lowest BCUT2D eigenvalue weighted by Crippen LogP contribution is -2.41. The van der Waals surface area contributed by atoms with E-state index in [4.69, 9.17) is 15.7 Å². The number of hydrogen-bond donors (Lipinski definition) is 2. The topological polar surface area (TPSA) is 71.1 Å². The van der Waals surface area contributed by atoms with E-state index in [2.05, 4.69) is 17.0 Å². The van der Waals surface area contributed by atoms with Gasteiger partial charge in [0.25, 0.3) is 0 Å². The fraction of sp³-hybridized carbons (Fsp3) is 0.923. The lowest BCUT2D eigenvalue weighted by molar-refractivity contribution is -0.0187. The van der Waals surface area contributed by atoms with Crippen molar-refractivity contribution in [1.82, 2.24) is 4.90 Å².